The van der Waals surface area contributed by atoms with Crippen LogP contribution >= 0.6 is 15.9 Å². The molecular formula is C12H18BrN3O2S. The van der Waals surface area contributed by atoms with Crippen LogP contribution in [0.5, 0.6) is 0 Å². The van der Waals surface area contributed by atoms with Crippen molar-refractivity contribution in [2.24, 2.45) is 0 Å². The topological polar surface area (TPSA) is 52.6 Å². The third kappa shape index (κ3) is 4.00. The smallest absolute Gasteiger partial charge is 0.253 e. The van der Waals surface area contributed by atoms with E-state index in [1.165, 1.54) is 0 Å². The zero-order valence-corrected chi connectivity index (χ0v) is 13.2. The molecule has 1 N–H and O–H groups in total. The molecule has 1 fully saturated rings. The van der Waals surface area contributed by atoms with Gasteiger partial charge in [0.1, 0.15) is 0 Å². The second-order valence-electron chi connectivity index (χ2n) is 4.66. The van der Waals surface area contributed by atoms with E-state index in [9.17, 15) is 8.42 Å². The van der Waals surface area contributed by atoms with E-state index in [2.05, 4.69) is 25.7 Å². The fraction of sp³-hybridized carbons (Fsp3) is 0.500. The van der Waals surface area contributed by atoms with Crippen molar-refractivity contribution in [2.45, 2.75) is 10.2 Å². The molecule has 0 unspecified atom stereocenters. The second kappa shape index (κ2) is 6.32. The molecule has 1 aromatic rings. The van der Waals surface area contributed by atoms with Gasteiger partial charge in [-0.3, -0.25) is 0 Å². The molecule has 1 aromatic carbocycles. The highest BCUT2D eigenvalue weighted by Gasteiger charge is 2.21. The summed E-state index contributed by atoms with van der Waals surface area (Å²) in [5.41, 5.74) is 1.05. The van der Waals surface area contributed by atoms with E-state index in [1.54, 1.807) is 17.1 Å². The number of sulfonamides is 1. The minimum atomic E-state index is -3.46. The van der Waals surface area contributed by atoms with Gasteiger partial charge in [-0.2, -0.15) is 0 Å². The van der Waals surface area contributed by atoms with Crippen LogP contribution in [0.15, 0.2) is 29.2 Å². The summed E-state index contributed by atoms with van der Waals surface area (Å²) in [7, 11) is -1.43. The molecule has 0 bridgehead atoms. The average Bonchev–Trinajstić information content (AvgIpc) is 2.41. The Balaban J connectivity index is 2.05. The predicted molar refractivity (Wildman–Crippen MR) is 78.5 cm³/mol. The van der Waals surface area contributed by atoms with Gasteiger partial charge in [0, 0.05) is 31.5 Å². The van der Waals surface area contributed by atoms with E-state index in [-0.39, 0.29) is 0 Å². The SMILES string of the molecule is CN1CCN(NS(=O)(=O)c2ccc(CBr)cc2)CC1. The van der Waals surface area contributed by atoms with E-state index >= 15 is 0 Å². The Morgan fingerprint density at radius 2 is 1.74 bits per heavy atom. The summed E-state index contributed by atoms with van der Waals surface area (Å²) in [6.45, 7) is 3.14. The molecule has 0 spiro atoms. The van der Waals surface area contributed by atoms with Gasteiger partial charge in [-0.1, -0.05) is 28.1 Å². The molecule has 0 atom stereocenters. The van der Waals surface area contributed by atoms with Crippen molar-refractivity contribution in [3.05, 3.63) is 29.8 Å². The first-order valence-corrected chi connectivity index (χ1v) is 8.72. The lowest BCUT2D eigenvalue weighted by Gasteiger charge is -2.32. The van der Waals surface area contributed by atoms with Gasteiger partial charge in [0.05, 0.1) is 4.90 Å². The predicted octanol–water partition coefficient (Wildman–Crippen LogP) is 1.02. The summed E-state index contributed by atoms with van der Waals surface area (Å²) in [5.74, 6) is 0. The highest BCUT2D eigenvalue weighted by molar-refractivity contribution is 9.08. The Bertz CT molecular complexity index is 510. The van der Waals surface area contributed by atoms with E-state index in [1.807, 2.05) is 19.2 Å². The van der Waals surface area contributed by atoms with Gasteiger partial charge in [0.2, 0.25) is 0 Å². The largest absolute Gasteiger partial charge is 0.304 e. The van der Waals surface area contributed by atoms with E-state index in [0.29, 0.717) is 18.0 Å². The zero-order chi connectivity index (χ0) is 13.9. The molecule has 19 heavy (non-hydrogen) atoms. The molecule has 1 aliphatic rings. The fourth-order valence-corrected chi connectivity index (χ4v) is 3.37. The molecule has 0 aromatic heterocycles. The van der Waals surface area contributed by atoms with Crippen LogP contribution in [-0.4, -0.2) is 51.6 Å². The minimum Gasteiger partial charge on any atom is -0.304 e. The van der Waals surface area contributed by atoms with Crippen LogP contribution in [0.25, 0.3) is 0 Å². The lowest BCUT2D eigenvalue weighted by atomic mass is 10.2. The van der Waals surface area contributed by atoms with Crippen molar-refractivity contribution < 1.29 is 8.42 Å². The van der Waals surface area contributed by atoms with Crippen LogP contribution in [0, 0.1) is 0 Å². The van der Waals surface area contributed by atoms with Gasteiger partial charge in [-0.25, -0.2) is 13.4 Å². The molecule has 0 radical (unpaired) electrons. The van der Waals surface area contributed by atoms with Gasteiger partial charge in [0.15, 0.2) is 0 Å². The van der Waals surface area contributed by atoms with Crippen LogP contribution < -0.4 is 4.83 Å². The van der Waals surface area contributed by atoms with Crippen molar-refractivity contribution in [2.75, 3.05) is 33.2 Å². The lowest BCUT2D eigenvalue weighted by molar-refractivity contribution is 0.135. The highest BCUT2D eigenvalue weighted by Crippen LogP contribution is 2.13. The van der Waals surface area contributed by atoms with Gasteiger partial charge >= 0.3 is 0 Å². The number of benzene rings is 1. The van der Waals surface area contributed by atoms with Gasteiger partial charge in [0.25, 0.3) is 10.0 Å². The van der Waals surface area contributed by atoms with Crippen LogP contribution in [0.2, 0.25) is 0 Å². The maximum absolute atomic E-state index is 12.2. The number of likely N-dealkylation sites (N-methyl/N-ethyl adjacent to an activating group) is 1. The lowest BCUT2D eigenvalue weighted by Crippen LogP contribution is -2.52. The van der Waals surface area contributed by atoms with Crippen molar-refractivity contribution in [3.8, 4) is 0 Å². The highest BCUT2D eigenvalue weighted by atomic mass is 79.9. The third-order valence-corrected chi connectivity index (χ3v) is 5.18. The Morgan fingerprint density at radius 3 is 2.26 bits per heavy atom. The number of alkyl halides is 1. The molecule has 5 nitrogen and oxygen atoms in total. The van der Waals surface area contributed by atoms with E-state index in [4.69, 9.17) is 0 Å². The molecular weight excluding hydrogens is 330 g/mol. The Labute approximate surface area is 122 Å². The average molecular weight is 348 g/mol. The molecule has 1 saturated heterocycles. The number of rotatable bonds is 4. The van der Waals surface area contributed by atoms with E-state index < -0.39 is 10.0 Å². The molecule has 0 aliphatic carbocycles. The number of hydrazine groups is 1. The Kier molecular flexibility index (Phi) is 4.97. The standard InChI is InChI=1S/C12H18BrN3O2S/c1-15-6-8-16(9-7-15)14-19(17,18)12-4-2-11(10-13)3-5-12/h2-5,14H,6-10H2,1H3. The zero-order valence-electron chi connectivity index (χ0n) is 10.8. The maximum atomic E-state index is 12.2. The number of halogens is 1. The summed E-state index contributed by atoms with van der Waals surface area (Å²) in [4.78, 5) is 5.11. The van der Waals surface area contributed by atoms with Gasteiger partial charge < -0.3 is 4.90 Å². The number of piperazine rings is 1. The number of nitrogens with zero attached hydrogens (tertiary/aromatic N) is 2. The summed E-state index contributed by atoms with van der Waals surface area (Å²) in [6, 6.07) is 6.89. The monoisotopic (exact) mass is 347 g/mol. The summed E-state index contributed by atoms with van der Waals surface area (Å²) < 4.78 is 24.4. The second-order valence-corrected chi connectivity index (χ2v) is 6.88. The first kappa shape index (κ1) is 14.9. The van der Waals surface area contributed by atoms with Crippen molar-refractivity contribution in [1.82, 2.24) is 14.7 Å². The van der Waals surface area contributed by atoms with Gasteiger partial charge in [-0.15, -0.1) is 4.83 Å². The molecule has 2 rings (SSSR count). The maximum Gasteiger partial charge on any atom is 0.253 e. The van der Waals surface area contributed by atoms with E-state index in [0.717, 1.165) is 24.0 Å². The van der Waals surface area contributed by atoms with Crippen LogP contribution in [-0.2, 0) is 15.4 Å². The first-order chi connectivity index (χ1) is 9.01. The molecule has 1 aliphatic heterocycles. The normalized spacial score (nSPS) is 18.6. The van der Waals surface area contributed by atoms with Crippen LogP contribution in [0.4, 0.5) is 0 Å². The minimum absolute atomic E-state index is 0.302. The first-order valence-electron chi connectivity index (χ1n) is 6.12. The molecule has 106 valence electrons. The van der Waals surface area contributed by atoms with Crippen molar-refractivity contribution in [3.63, 3.8) is 0 Å². The van der Waals surface area contributed by atoms with Crippen molar-refractivity contribution in [1.29, 1.82) is 0 Å². The van der Waals surface area contributed by atoms with Crippen LogP contribution in [0.3, 0.4) is 0 Å². The molecule has 1 heterocycles. The number of hydrogen-bond donors (Lipinski definition) is 1. The van der Waals surface area contributed by atoms with Crippen molar-refractivity contribution >= 4 is 26.0 Å². The van der Waals surface area contributed by atoms with Crippen LogP contribution in [0.1, 0.15) is 5.56 Å². The molecule has 0 amide bonds. The fourth-order valence-electron chi connectivity index (χ4n) is 1.88. The summed E-state index contributed by atoms with van der Waals surface area (Å²) >= 11 is 3.34. The Hall–Kier alpha value is -0.470. The number of hydrogen-bond acceptors (Lipinski definition) is 4. The molecule has 0 saturated carbocycles. The molecule has 7 heteroatoms. The third-order valence-electron chi connectivity index (χ3n) is 3.14. The Morgan fingerprint density at radius 1 is 1.16 bits per heavy atom. The number of nitrogens with one attached hydrogen (secondary N) is 1. The van der Waals surface area contributed by atoms with Gasteiger partial charge in [-0.05, 0) is 24.7 Å². The quantitative estimate of drug-likeness (QED) is 0.826. The summed E-state index contributed by atoms with van der Waals surface area (Å²) in [6.07, 6.45) is 0. The summed E-state index contributed by atoms with van der Waals surface area (Å²) in [5, 5.41) is 2.48.